The lowest BCUT2D eigenvalue weighted by Crippen LogP contribution is -2.39. The van der Waals surface area contributed by atoms with Gasteiger partial charge in [-0.05, 0) is 31.5 Å². The molecule has 0 N–H and O–H groups in total. The van der Waals surface area contributed by atoms with Crippen molar-refractivity contribution >= 4 is 34.2 Å². The van der Waals surface area contributed by atoms with Gasteiger partial charge in [-0.15, -0.1) is 0 Å². The van der Waals surface area contributed by atoms with Crippen LogP contribution in [0.4, 0.5) is 8.78 Å². The average molecular weight is 410 g/mol. The Balaban J connectivity index is 3.36. The molecule has 1 atom stereocenters. The van der Waals surface area contributed by atoms with Gasteiger partial charge in [0.15, 0.2) is 0 Å². The van der Waals surface area contributed by atoms with Crippen molar-refractivity contribution in [3.8, 4) is 5.75 Å². The molecular weight excluding hydrogens is 393 g/mol. The third-order valence-electron chi connectivity index (χ3n) is 3.32. The molecule has 6 heteroatoms. The molecule has 1 aromatic carbocycles. The summed E-state index contributed by atoms with van der Waals surface area (Å²) >= 11 is 1.57. The molecule has 0 aliphatic heterocycles. The van der Waals surface area contributed by atoms with Crippen LogP contribution in [0.25, 0.3) is 0 Å². The lowest BCUT2D eigenvalue weighted by atomic mass is 9.77. The molecule has 0 heterocycles. The second-order valence-electron chi connectivity index (χ2n) is 4.84. The standard InChI is InChI=1S/C15H17F2IO3/c1-9(19)13(10(2)20)14(15(16,17)8-18)11-4-6-12(21-3)7-5-11/h4-7,13-14H,8H2,1-3H3. The van der Waals surface area contributed by atoms with Crippen LogP contribution in [0.1, 0.15) is 25.3 Å². The molecule has 1 aromatic rings. The van der Waals surface area contributed by atoms with Crippen molar-refractivity contribution in [1.82, 2.24) is 0 Å². The van der Waals surface area contributed by atoms with Crippen LogP contribution >= 0.6 is 22.6 Å². The van der Waals surface area contributed by atoms with E-state index < -0.39 is 33.8 Å². The first-order valence-corrected chi connectivity index (χ1v) is 7.85. The van der Waals surface area contributed by atoms with Gasteiger partial charge in [0.05, 0.1) is 23.4 Å². The molecule has 0 saturated heterocycles. The number of alkyl halides is 3. The number of hydrogen-bond donors (Lipinski definition) is 0. The van der Waals surface area contributed by atoms with E-state index in [0.717, 1.165) is 0 Å². The molecule has 1 rings (SSSR count). The van der Waals surface area contributed by atoms with Gasteiger partial charge < -0.3 is 4.74 Å². The average Bonchev–Trinajstić information content (AvgIpc) is 2.43. The zero-order chi connectivity index (χ0) is 16.2. The second-order valence-corrected chi connectivity index (χ2v) is 5.61. The minimum absolute atomic E-state index is 0.257. The molecule has 0 aliphatic rings. The van der Waals surface area contributed by atoms with Gasteiger partial charge in [0.2, 0.25) is 0 Å². The van der Waals surface area contributed by atoms with Gasteiger partial charge in [0.25, 0.3) is 5.92 Å². The third-order valence-corrected chi connectivity index (χ3v) is 4.33. The number of carbonyl (C=O) groups excluding carboxylic acids is 2. The van der Waals surface area contributed by atoms with Gasteiger partial charge in [-0.3, -0.25) is 9.59 Å². The van der Waals surface area contributed by atoms with Gasteiger partial charge in [0.1, 0.15) is 17.3 Å². The van der Waals surface area contributed by atoms with E-state index >= 15 is 0 Å². The van der Waals surface area contributed by atoms with E-state index in [0.29, 0.717) is 5.75 Å². The fourth-order valence-electron chi connectivity index (χ4n) is 2.33. The quantitative estimate of drug-likeness (QED) is 0.392. The number of halogens is 3. The third kappa shape index (κ3) is 4.21. The van der Waals surface area contributed by atoms with Gasteiger partial charge in [-0.1, -0.05) is 34.7 Å². The molecule has 0 aromatic heterocycles. The molecule has 21 heavy (non-hydrogen) atoms. The number of benzene rings is 1. The zero-order valence-corrected chi connectivity index (χ0v) is 14.2. The molecule has 0 amide bonds. The predicted molar refractivity (Wildman–Crippen MR) is 84.4 cm³/mol. The summed E-state index contributed by atoms with van der Waals surface area (Å²) in [6.45, 7) is 2.34. The highest BCUT2D eigenvalue weighted by molar-refractivity contribution is 14.1. The van der Waals surface area contributed by atoms with E-state index in [9.17, 15) is 18.4 Å². The second kappa shape index (κ2) is 7.29. The smallest absolute Gasteiger partial charge is 0.264 e. The summed E-state index contributed by atoms with van der Waals surface area (Å²) in [5, 5.41) is 0. The Morgan fingerprint density at radius 2 is 1.67 bits per heavy atom. The first-order chi connectivity index (χ1) is 9.74. The van der Waals surface area contributed by atoms with Crippen molar-refractivity contribution in [2.45, 2.75) is 25.7 Å². The number of ether oxygens (including phenoxy) is 1. The topological polar surface area (TPSA) is 43.4 Å². The molecule has 0 aliphatic carbocycles. The SMILES string of the molecule is COc1ccc(C(C(C(C)=O)C(C)=O)C(F)(F)CI)cc1. The normalized spacial score (nSPS) is 13.1. The summed E-state index contributed by atoms with van der Waals surface area (Å²) in [5.74, 6) is -6.53. The molecule has 0 spiro atoms. The maximum absolute atomic E-state index is 14.3. The van der Waals surface area contributed by atoms with Gasteiger partial charge in [-0.2, -0.15) is 0 Å². The van der Waals surface area contributed by atoms with E-state index in [1.807, 2.05) is 0 Å². The largest absolute Gasteiger partial charge is 0.497 e. The number of methoxy groups -OCH3 is 1. The van der Waals surface area contributed by atoms with Crippen LogP contribution in [-0.2, 0) is 9.59 Å². The number of carbonyl (C=O) groups is 2. The molecule has 116 valence electrons. The maximum Gasteiger partial charge on any atom is 0.264 e. The first-order valence-electron chi connectivity index (χ1n) is 6.33. The van der Waals surface area contributed by atoms with Gasteiger partial charge in [0, 0.05) is 0 Å². The van der Waals surface area contributed by atoms with Crippen LogP contribution in [0.2, 0.25) is 0 Å². The summed E-state index contributed by atoms with van der Waals surface area (Å²) in [6, 6.07) is 6.04. The Hall–Kier alpha value is -1.05. The molecule has 0 radical (unpaired) electrons. The highest BCUT2D eigenvalue weighted by Crippen LogP contribution is 2.41. The molecule has 3 nitrogen and oxygen atoms in total. The van der Waals surface area contributed by atoms with Crippen molar-refractivity contribution < 1.29 is 23.1 Å². The van der Waals surface area contributed by atoms with E-state index in [4.69, 9.17) is 4.74 Å². The van der Waals surface area contributed by atoms with Crippen molar-refractivity contribution in [3.63, 3.8) is 0 Å². The summed E-state index contributed by atoms with van der Waals surface area (Å²) in [5.41, 5.74) is 0.257. The fourth-order valence-corrected chi connectivity index (χ4v) is 2.80. The van der Waals surface area contributed by atoms with Crippen LogP contribution in [-0.4, -0.2) is 29.0 Å². The Kier molecular flexibility index (Phi) is 6.24. The summed E-state index contributed by atoms with van der Waals surface area (Å²) in [6.07, 6.45) is 0. The van der Waals surface area contributed by atoms with Crippen LogP contribution in [0, 0.1) is 5.92 Å². The Morgan fingerprint density at radius 3 is 2.00 bits per heavy atom. The van der Waals surface area contributed by atoms with E-state index in [-0.39, 0.29) is 5.56 Å². The highest BCUT2D eigenvalue weighted by Gasteiger charge is 2.47. The fraction of sp³-hybridized carbons (Fsp3) is 0.467. The van der Waals surface area contributed by atoms with E-state index in [2.05, 4.69) is 0 Å². The molecule has 0 saturated carbocycles. The minimum Gasteiger partial charge on any atom is -0.497 e. The van der Waals surface area contributed by atoms with Crippen molar-refractivity contribution in [2.75, 3.05) is 11.5 Å². The maximum atomic E-state index is 14.3. The summed E-state index contributed by atoms with van der Waals surface area (Å²) in [4.78, 5) is 23.4. The minimum atomic E-state index is -3.16. The van der Waals surface area contributed by atoms with Gasteiger partial charge in [-0.25, -0.2) is 8.78 Å². The van der Waals surface area contributed by atoms with Crippen LogP contribution < -0.4 is 4.74 Å². The molecule has 1 unspecified atom stereocenters. The first kappa shape index (κ1) is 18.0. The molecule has 0 bridgehead atoms. The monoisotopic (exact) mass is 410 g/mol. The van der Waals surface area contributed by atoms with Crippen molar-refractivity contribution in [2.24, 2.45) is 5.92 Å². The van der Waals surface area contributed by atoms with E-state index in [1.165, 1.54) is 33.1 Å². The molecular formula is C15H17F2IO3. The summed E-state index contributed by atoms with van der Waals surface area (Å²) in [7, 11) is 1.47. The number of hydrogen-bond acceptors (Lipinski definition) is 3. The highest BCUT2D eigenvalue weighted by atomic mass is 127. The lowest BCUT2D eigenvalue weighted by molar-refractivity contribution is -0.136. The van der Waals surface area contributed by atoms with Crippen LogP contribution in [0.5, 0.6) is 5.75 Å². The Labute approximate surface area is 136 Å². The van der Waals surface area contributed by atoms with Crippen LogP contribution in [0.15, 0.2) is 24.3 Å². The number of ketones is 2. The number of Topliss-reactive ketones (excluding diaryl/α,β-unsaturated/α-hetero) is 2. The Morgan fingerprint density at radius 1 is 1.19 bits per heavy atom. The van der Waals surface area contributed by atoms with Gasteiger partial charge >= 0.3 is 0 Å². The Bertz CT molecular complexity index is 500. The van der Waals surface area contributed by atoms with E-state index in [1.54, 1.807) is 34.7 Å². The van der Waals surface area contributed by atoms with Crippen LogP contribution in [0.3, 0.4) is 0 Å². The van der Waals surface area contributed by atoms with Crippen molar-refractivity contribution in [1.29, 1.82) is 0 Å². The van der Waals surface area contributed by atoms with Crippen molar-refractivity contribution in [3.05, 3.63) is 29.8 Å². The predicted octanol–water partition coefficient (Wildman–Crippen LogP) is 3.64. The lowest BCUT2D eigenvalue weighted by Gasteiger charge is -2.30. The number of rotatable bonds is 7. The molecule has 0 fully saturated rings. The zero-order valence-electron chi connectivity index (χ0n) is 12.0. The summed E-state index contributed by atoms with van der Waals surface area (Å²) < 4.78 is 33.1.